The quantitative estimate of drug-likeness (QED) is 0.909. The van der Waals surface area contributed by atoms with Gasteiger partial charge in [-0.3, -0.25) is 9.48 Å². The molecule has 7 nitrogen and oxygen atoms in total. The summed E-state index contributed by atoms with van der Waals surface area (Å²) in [5, 5.41) is 7.01. The summed E-state index contributed by atoms with van der Waals surface area (Å²) in [5.41, 5.74) is 1.13. The van der Waals surface area contributed by atoms with Gasteiger partial charge in [-0.2, -0.15) is 5.10 Å². The number of fused-ring (bicyclic) bond motifs is 1. The van der Waals surface area contributed by atoms with Gasteiger partial charge in [0.05, 0.1) is 25.0 Å². The first kappa shape index (κ1) is 14.8. The highest BCUT2D eigenvalue weighted by molar-refractivity contribution is 6.02. The number of ether oxygens (including phenoxy) is 1. The van der Waals surface area contributed by atoms with Crippen LogP contribution in [0, 0.1) is 5.92 Å². The molecule has 0 fully saturated rings. The van der Waals surface area contributed by atoms with Crippen molar-refractivity contribution < 1.29 is 9.53 Å². The topological polar surface area (TPSA) is 74.0 Å². The van der Waals surface area contributed by atoms with Gasteiger partial charge in [0.2, 0.25) is 0 Å². The molecule has 0 spiro atoms. The lowest BCUT2D eigenvalue weighted by atomic mass is 10.0. The second-order valence-corrected chi connectivity index (χ2v) is 5.77. The number of hydrogen-bond donors (Lipinski definition) is 1. The average molecular weight is 303 g/mol. The minimum Gasteiger partial charge on any atom is -0.383 e. The smallest absolute Gasteiger partial charge is 0.275 e. The SMILES string of the molecule is COCCn1cc(NC(=O)c2cn3c(n2)CC(C)CC3)cn1. The van der Waals surface area contributed by atoms with E-state index in [1.54, 1.807) is 24.2 Å². The first-order chi connectivity index (χ1) is 10.7. The number of carbonyl (C=O) groups is 1. The molecule has 7 heteroatoms. The summed E-state index contributed by atoms with van der Waals surface area (Å²) in [6.45, 7) is 4.39. The van der Waals surface area contributed by atoms with Crippen LogP contribution in [0.3, 0.4) is 0 Å². The summed E-state index contributed by atoms with van der Waals surface area (Å²) < 4.78 is 8.82. The molecule has 0 aliphatic carbocycles. The normalized spacial score (nSPS) is 17.3. The van der Waals surface area contributed by atoms with E-state index in [9.17, 15) is 4.79 Å². The summed E-state index contributed by atoms with van der Waals surface area (Å²) in [7, 11) is 1.65. The van der Waals surface area contributed by atoms with E-state index in [1.165, 1.54) is 0 Å². The van der Waals surface area contributed by atoms with E-state index in [1.807, 2.05) is 6.20 Å². The number of nitrogens with zero attached hydrogens (tertiary/aromatic N) is 4. The summed E-state index contributed by atoms with van der Waals surface area (Å²) in [4.78, 5) is 16.7. The zero-order chi connectivity index (χ0) is 15.5. The third-order valence-electron chi connectivity index (χ3n) is 3.90. The number of carbonyl (C=O) groups excluding carboxylic acids is 1. The first-order valence-electron chi connectivity index (χ1n) is 7.54. The van der Waals surface area contributed by atoms with Crippen molar-refractivity contribution in [2.45, 2.75) is 32.9 Å². The van der Waals surface area contributed by atoms with Gasteiger partial charge in [-0.25, -0.2) is 4.98 Å². The van der Waals surface area contributed by atoms with E-state index in [0.29, 0.717) is 30.5 Å². The highest BCUT2D eigenvalue weighted by Crippen LogP contribution is 2.20. The Morgan fingerprint density at radius 2 is 2.36 bits per heavy atom. The molecule has 3 rings (SSSR count). The molecule has 0 radical (unpaired) electrons. The number of methoxy groups -OCH3 is 1. The van der Waals surface area contributed by atoms with E-state index in [0.717, 1.165) is 25.2 Å². The van der Waals surface area contributed by atoms with E-state index < -0.39 is 0 Å². The molecule has 1 aliphatic heterocycles. The standard InChI is InChI=1S/C15H21N5O2/c1-11-3-4-19-10-13(18-14(19)7-11)15(21)17-12-8-16-20(9-12)5-6-22-2/h8-11H,3-7H2,1-2H3,(H,17,21). The number of aryl methyl sites for hydroxylation is 1. The van der Waals surface area contributed by atoms with Crippen molar-refractivity contribution in [3.8, 4) is 0 Å². The second kappa shape index (κ2) is 6.31. The third kappa shape index (κ3) is 3.19. The molecule has 0 saturated carbocycles. The molecule has 118 valence electrons. The van der Waals surface area contributed by atoms with Gasteiger partial charge in [0, 0.05) is 32.5 Å². The minimum absolute atomic E-state index is 0.194. The fourth-order valence-electron chi connectivity index (χ4n) is 2.62. The molecule has 1 amide bonds. The Balaban J connectivity index is 1.66. The Bertz CT molecular complexity index is 661. The van der Waals surface area contributed by atoms with Crippen LogP contribution in [0.25, 0.3) is 0 Å². The van der Waals surface area contributed by atoms with Gasteiger partial charge in [-0.15, -0.1) is 0 Å². The summed E-state index contributed by atoms with van der Waals surface area (Å²) in [6, 6.07) is 0. The number of rotatable bonds is 5. The highest BCUT2D eigenvalue weighted by atomic mass is 16.5. The minimum atomic E-state index is -0.194. The van der Waals surface area contributed by atoms with Crippen molar-refractivity contribution in [1.29, 1.82) is 0 Å². The van der Waals surface area contributed by atoms with Gasteiger partial charge in [-0.05, 0) is 12.3 Å². The van der Waals surface area contributed by atoms with Crippen LogP contribution in [0.15, 0.2) is 18.6 Å². The predicted octanol–water partition coefficient (Wildman–Crippen LogP) is 1.56. The molecule has 1 N–H and O–H groups in total. The first-order valence-corrected chi connectivity index (χ1v) is 7.54. The summed E-state index contributed by atoms with van der Waals surface area (Å²) >= 11 is 0. The van der Waals surface area contributed by atoms with Gasteiger partial charge in [0.25, 0.3) is 5.91 Å². The molecule has 22 heavy (non-hydrogen) atoms. The monoisotopic (exact) mass is 303 g/mol. The number of nitrogens with one attached hydrogen (secondary N) is 1. The number of aromatic nitrogens is 4. The number of imidazole rings is 1. The Labute approximate surface area is 129 Å². The zero-order valence-corrected chi connectivity index (χ0v) is 13.0. The maximum atomic E-state index is 12.3. The van der Waals surface area contributed by atoms with Gasteiger partial charge >= 0.3 is 0 Å². The zero-order valence-electron chi connectivity index (χ0n) is 13.0. The summed E-state index contributed by atoms with van der Waals surface area (Å²) in [5.74, 6) is 1.44. The second-order valence-electron chi connectivity index (χ2n) is 5.77. The lowest BCUT2D eigenvalue weighted by molar-refractivity contribution is 0.102. The molecule has 0 saturated heterocycles. The van der Waals surface area contributed by atoms with Crippen LogP contribution in [0.1, 0.15) is 29.7 Å². The maximum Gasteiger partial charge on any atom is 0.275 e. The van der Waals surface area contributed by atoms with Crippen molar-refractivity contribution >= 4 is 11.6 Å². The van der Waals surface area contributed by atoms with E-state index in [4.69, 9.17) is 4.74 Å². The molecule has 2 aromatic heterocycles. The number of hydrogen-bond acceptors (Lipinski definition) is 4. The van der Waals surface area contributed by atoms with Crippen LogP contribution in [-0.2, 0) is 24.2 Å². The van der Waals surface area contributed by atoms with Gasteiger partial charge < -0.3 is 14.6 Å². The summed E-state index contributed by atoms with van der Waals surface area (Å²) in [6.07, 6.45) is 7.32. The molecular formula is C15H21N5O2. The Morgan fingerprint density at radius 1 is 1.50 bits per heavy atom. The van der Waals surface area contributed by atoms with Crippen molar-refractivity contribution in [1.82, 2.24) is 19.3 Å². The van der Waals surface area contributed by atoms with Crippen molar-refractivity contribution in [2.75, 3.05) is 19.0 Å². The molecule has 3 heterocycles. The van der Waals surface area contributed by atoms with E-state index in [-0.39, 0.29) is 5.91 Å². The number of anilines is 1. The molecule has 1 aliphatic rings. The van der Waals surface area contributed by atoms with Crippen LogP contribution in [-0.4, -0.2) is 39.0 Å². The Kier molecular flexibility index (Phi) is 4.24. The van der Waals surface area contributed by atoms with Crippen molar-refractivity contribution in [2.24, 2.45) is 5.92 Å². The highest BCUT2D eigenvalue weighted by Gasteiger charge is 2.20. The molecule has 0 bridgehead atoms. The fraction of sp³-hybridized carbons (Fsp3) is 0.533. The third-order valence-corrected chi connectivity index (χ3v) is 3.90. The predicted molar refractivity (Wildman–Crippen MR) is 81.8 cm³/mol. The Morgan fingerprint density at radius 3 is 3.18 bits per heavy atom. The molecule has 1 atom stereocenters. The lowest BCUT2D eigenvalue weighted by Crippen LogP contribution is -2.16. The lowest BCUT2D eigenvalue weighted by Gasteiger charge is -2.18. The van der Waals surface area contributed by atoms with Crippen LogP contribution in [0.4, 0.5) is 5.69 Å². The van der Waals surface area contributed by atoms with Crippen LogP contribution < -0.4 is 5.32 Å². The molecule has 0 aromatic carbocycles. The maximum absolute atomic E-state index is 12.3. The van der Waals surface area contributed by atoms with Crippen LogP contribution in [0.5, 0.6) is 0 Å². The van der Waals surface area contributed by atoms with Crippen LogP contribution >= 0.6 is 0 Å². The molecule has 1 unspecified atom stereocenters. The van der Waals surface area contributed by atoms with Crippen molar-refractivity contribution in [3.05, 3.63) is 30.1 Å². The van der Waals surface area contributed by atoms with Crippen molar-refractivity contribution in [3.63, 3.8) is 0 Å². The van der Waals surface area contributed by atoms with Gasteiger partial charge in [0.15, 0.2) is 0 Å². The average Bonchev–Trinajstić information content (AvgIpc) is 3.11. The molecule has 2 aromatic rings. The van der Waals surface area contributed by atoms with E-state index >= 15 is 0 Å². The van der Waals surface area contributed by atoms with Gasteiger partial charge in [-0.1, -0.05) is 6.92 Å². The molecular weight excluding hydrogens is 282 g/mol. The number of amides is 1. The largest absolute Gasteiger partial charge is 0.383 e. The fourth-order valence-corrected chi connectivity index (χ4v) is 2.62. The van der Waals surface area contributed by atoms with Gasteiger partial charge in [0.1, 0.15) is 11.5 Å². The van der Waals surface area contributed by atoms with Crippen LogP contribution in [0.2, 0.25) is 0 Å². The Hall–Kier alpha value is -2.15. The van der Waals surface area contributed by atoms with E-state index in [2.05, 4.69) is 26.9 Å².